The number of piperidine rings is 1. The van der Waals surface area contributed by atoms with E-state index in [4.69, 9.17) is 5.73 Å². The second kappa shape index (κ2) is 7.39. The molecule has 2 saturated heterocycles. The third-order valence-electron chi connectivity index (χ3n) is 5.82. The first-order valence-corrected chi connectivity index (χ1v) is 9.74. The number of hydrogen-bond acceptors (Lipinski definition) is 3. The Morgan fingerprint density at radius 3 is 2.46 bits per heavy atom. The molecule has 2 N–H and O–H groups in total. The van der Waals surface area contributed by atoms with Gasteiger partial charge in [-0.15, -0.1) is 0 Å². The first-order valence-electron chi connectivity index (χ1n) is 9.74. The number of carbonyl (C=O) groups is 2. The van der Waals surface area contributed by atoms with Crippen LogP contribution in [0.3, 0.4) is 0 Å². The van der Waals surface area contributed by atoms with E-state index in [1.807, 2.05) is 30.6 Å². The average Bonchev–Trinajstić information content (AvgIpc) is 2.95. The summed E-state index contributed by atoms with van der Waals surface area (Å²) in [5.74, 6) is -0.111. The lowest BCUT2D eigenvalue weighted by Gasteiger charge is -2.39. The first-order chi connectivity index (χ1) is 12.3. The lowest BCUT2D eigenvalue weighted by molar-refractivity contribution is -0.139. The molecule has 2 heterocycles. The molecule has 2 fully saturated rings. The Balaban J connectivity index is 1.80. The molecule has 0 saturated carbocycles. The number of nitrogens with two attached hydrogens (primary N) is 1. The molecular weight excluding hydrogens is 326 g/mol. The number of amides is 2. The van der Waals surface area contributed by atoms with Gasteiger partial charge >= 0.3 is 0 Å². The molecule has 2 amide bonds. The van der Waals surface area contributed by atoms with Crippen LogP contribution in [0.1, 0.15) is 49.3 Å². The molecule has 26 heavy (non-hydrogen) atoms. The number of nitrogens with zero attached hydrogens (tertiary/aromatic N) is 2. The van der Waals surface area contributed by atoms with E-state index in [0.29, 0.717) is 13.0 Å². The summed E-state index contributed by atoms with van der Waals surface area (Å²) in [6, 6.07) is 4.26. The molecule has 5 nitrogen and oxygen atoms in total. The standard InChI is InChI=1S/C21H31N3O2/c1-13-9-14(2)20(15(3)10-13)24-12-17(11-19(24)25)21(26)23-8-6-5-7-18(23)16(4)22/h9-10,16-18H,5-8,11-12,22H2,1-4H3. The van der Waals surface area contributed by atoms with Gasteiger partial charge in [0, 0.05) is 37.3 Å². The Labute approximate surface area is 156 Å². The minimum absolute atomic E-state index is 0.0333. The summed E-state index contributed by atoms with van der Waals surface area (Å²) >= 11 is 0. The maximum absolute atomic E-state index is 13.2. The number of carbonyl (C=O) groups excluding carboxylic acids is 2. The molecular formula is C21H31N3O2. The molecule has 3 atom stereocenters. The van der Waals surface area contributed by atoms with E-state index in [-0.39, 0.29) is 29.8 Å². The van der Waals surface area contributed by atoms with Gasteiger partial charge in [-0.3, -0.25) is 9.59 Å². The predicted molar refractivity (Wildman–Crippen MR) is 104 cm³/mol. The monoisotopic (exact) mass is 357 g/mol. The number of aryl methyl sites for hydroxylation is 3. The zero-order valence-electron chi connectivity index (χ0n) is 16.4. The summed E-state index contributed by atoms with van der Waals surface area (Å²) in [6.45, 7) is 9.35. The van der Waals surface area contributed by atoms with Crippen molar-refractivity contribution in [1.29, 1.82) is 0 Å². The fourth-order valence-corrected chi connectivity index (χ4v) is 4.70. The quantitative estimate of drug-likeness (QED) is 0.904. The summed E-state index contributed by atoms with van der Waals surface area (Å²) in [5, 5.41) is 0. The van der Waals surface area contributed by atoms with E-state index in [1.54, 1.807) is 0 Å². The largest absolute Gasteiger partial charge is 0.338 e. The highest BCUT2D eigenvalue weighted by Gasteiger charge is 2.40. The molecule has 3 unspecified atom stereocenters. The van der Waals surface area contributed by atoms with Gasteiger partial charge in [-0.25, -0.2) is 0 Å². The topological polar surface area (TPSA) is 66.6 Å². The highest BCUT2D eigenvalue weighted by Crippen LogP contribution is 2.33. The van der Waals surface area contributed by atoms with E-state index in [0.717, 1.165) is 42.6 Å². The summed E-state index contributed by atoms with van der Waals surface area (Å²) in [5.41, 5.74) is 10.5. The van der Waals surface area contributed by atoms with Crippen LogP contribution < -0.4 is 10.6 Å². The van der Waals surface area contributed by atoms with E-state index >= 15 is 0 Å². The Morgan fingerprint density at radius 1 is 1.19 bits per heavy atom. The van der Waals surface area contributed by atoms with Crippen molar-refractivity contribution in [2.24, 2.45) is 11.7 Å². The van der Waals surface area contributed by atoms with E-state index in [2.05, 4.69) is 19.1 Å². The van der Waals surface area contributed by atoms with E-state index in [1.165, 1.54) is 5.56 Å². The molecule has 5 heteroatoms. The van der Waals surface area contributed by atoms with Gasteiger partial charge in [-0.2, -0.15) is 0 Å². The fourth-order valence-electron chi connectivity index (χ4n) is 4.70. The van der Waals surface area contributed by atoms with Gasteiger partial charge in [0.2, 0.25) is 11.8 Å². The van der Waals surface area contributed by atoms with Gasteiger partial charge in [-0.05, 0) is 58.1 Å². The lowest BCUT2D eigenvalue weighted by Crippen LogP contribution is -2.53. The van der Waals surface area contributed by atoms with Gasteiger partial charge in [0.25, 0.3) is 0 Å². The smallest absolute Gasteiger partial charge is 0.228 e. The van der Waals surface area contributed by atoms with Crippen molar-refractivity contribution < 1.29 is 9.59 Å². The Kier molecular flexibility index (Phi) is 5.37. The minimum atomic E-state index is -0.262. The van der Waals surface area contributed by atoms with Crippen LogP contribution in [-0.2, 0) is 9.59 Å². The van der Waals surface area contributed by atoms with Crippen LogP contribution in [0, 0.1) is 26.7 Å². The SMILES string of the molecule is Cc1cc(C)c(N2CC(C(=O)N3CCCCC3C(C)N)CC2=O)c(C)c1. The van der Waals surface area contributed by atoms with Crippen LogP contribution in [0.25, 0.3) is 0 Å². The Hall–Kier alpha value is -1.88. The van der Waals surface area contributed by atoms with Gasteiger partial charge < -0.3 is 15.5 Å². The first kappa shape index (κ1) is 18.9. The van der Waals surface area contributed by atoms with Crippen LogP contribution in [0.5, 0.6) is 0 Å². The summed E-state index contributed by atoms with van der Waals surface area (Å²) in [6.07, 6.45) is 3.40. The summed E-state index contributed by atoms with van der Waals surface area (Å²) < 4.78 is 0. The highest BCUT2D eigenvalue weighted by atomic mass is 16.2. The number of benzene rings is 1. The molecule has 0 bridgehead atoms. The maximum atomic E-state index is 13.2. The van der Waals surface area contributed by atoms with Crippen LogP contribution in [0.2, 0.25) is 0 Å². The van der Waals surface area contributed by atoms with Gasteiger partial charge in [0.15, 0.2) is 0 Å². The van der Waals surface area contributed by atoms with Crippen LogP contribution in [0.15, 0.2) is 12.1 Å². The number of hydrogen-bond donors (Lipinski definition) is 1. The number of likely N-dealkylation sites (tertiary alicyclic amines) is 1. The molecule has 0 aromatic heterocycles. The molecule has 3 rings (SSSR count). The van der Waals surface area contributed by atoms with E-state index < -0.39 is 0 Å². The van der Waals surface area contributed by atoms with Crippen LogP contribution in [-0.4, -0.2) is 41.9 Å². The van der Waals surface area contributed by atoms with Crippen molar-refractivity contribution in [3.05, 3.63) is 28.8 Å². The molecule has 0 aliphatic carbocycles. The third-order valence-corrected chi connectivity index (χ3v) is 5.82. The molecule has 2 aliphatic heterocycles. The van der Waals surface area contributed by atoms with Crippen LogP contribution >= 0.6 is 0 Å². The molecule has 1 aromatic rings. The molecule has 0 spiro atoms. The second-order valence-electron chi connectivity index (χ2n) is 8.11. The van der Waals surface area contributed by atoms with Crippen molar-refractivity contribution >= 4 is 17.5 Å². The van der Waals surface area contributed by atoms with Crippen molar-refractivity contribution in [3.8, 4) is 0 Å². The normalized spacial score (nSPS) is 24.9. The van der Waals surface area contributed by atoms with Crippen molar-refractivity contribution in [1.82, 2.24) is 4.90 Å². The average molecular weight is 357 g/mol. The Bertz CT molecular complexity index is 690. The summed E-state index contributed by atoms with van der Waals surface area (Å²) in [7, 11) is 0. The number of rotatable bonds is 3. The Morgan fingerprint density at radius 2 is 1.85 bits per heavy atom. The van der Waals surface area contributed by atoms with E-state index in [9.17, 15) is 9.59 Å². The molecule has 142 valence electrons. The molecule has 0 radical (unpaired) electrons. The highest BCUT2D eigenvalue weighted by molar-refractivity contribution is 6.01. The predicted octanol–water partition coefficient (Wildman–Crippen LogP) is 2.69. The fraction of sp³-hybridized carbons (Fsp3) is 0.619. The zero-order chi connectivity index (χ0) is 19.0. The van der Waals surface area contributed by atoms with Crippen LogP contribution in [0.4, 0.5) is 5.69 Å². The van der Waals surface area contributed by atoms with Gasteiger partial charge in [0.1, 0.15) is 0 Å². The second-order valence-corrected chi connectivity index (χ2v) is 8.11. The van der Waals surface area contributed by atoms with Crippen molar-refractivity contribution in [3.63, 3.8) is 0 Å². The molecule has 2 aliphatic rings. The number of anilines is 1. The molecule has 1 aromatic carbocycles. The maximum Gasteiger partial charge on any atom is 0.228 e. The van der Waals surface area contributed by atoms with Gasteiger partial charge in [0.05, 0.1) is 5.92 Å². The third kappa shape index (κ3) is 3.50. The minimum Gasteiger partial charge on any atom is -0.338 e. The van der Waals surface area contributed by atoms with Gasteiger partial charge in [-0.1, -0.05) is 17.7 Å². The summed E-state index contributed by atoms with van der Waals surface area (Å²) in [4.78, 5) is 29.6. The zero-order valence-corrected chi connectivity index (χ0v) is 16.4. The van der Waals surface area contributed by atoms with Crippen molar-refractivity contribution in [2.45, 2.75) is 65.5 Å². The van der Waals surface area contributed by atoms with Crippen molar-refractivity contribution in [2.75, 3.05) is 18.0 Å². The lowest BCUT2D eigenvalue weighted by atomic mass is 9.94.